The Balaban J connectivity index is 0.000000443. The van der Waals surface area contributed by atoms with Gasteiger partial charge in [0.05, 0.1) is 6.61 Å². The van der Waals surface area contributed by atoms with Gasteiger partial charge in [0.25, 0.3) is 0 Å². The molecule has 10 radical (unpaired) electrons. The maximum absolute atomic E-state index is 5.40. The van der Waals surface area contributed by atoms with Crippen LogP contribution in [0.3, 0.4) is 0 Å². The van der Waals surface area contributed by atoms with E-state index in [0.29, 0.717) is 19.1 Å². The molecule has 0 saturated heterocycles. The monoisotopic (exact) mass is 305 g/mol. The van der Waals surface area contributed by atoms with E-state index in [0.717, 1.165) is 5.92 Å². The van der Waals surface area contributed by atoms with Gasteiger partial charge in [-0.1, -0.05) is 12.8 Å². The minimum Gasteiger partial charge on any atom is -0.481 e. The molecule has 5 heteroatoms. The van der Waals surface area contributed by atoms with Gasteiger partial charge in [-0.15, -0.1) is 5.92 Å². The summed E-state index contributed by atoms with van der Waals surface area (Å²) in [5, 5.41) is 0. The van der Waals surface area contributed by atoms with Gasteiger partial charge in [-0.25, -0.2) is 11.4 Å². The van der Waals surface area contributed by atoms with Crippen molar-refractivity contribution in [3.8, 4) is 0 Å². The molecule has 0 spiro atoms. The van der Waals surface area contributed by atoms with E-state index < -0.39 is 0 Å². The SMILES string of the molecule is COC[C@H]1COC([C]2[C-][CH][CH][CH]2)=N1.[CH]1[CH][CH][CH][CH]1.[Fe+2].[Li+]. The average molecular weight is 305 g/mol. The Bertz CT molecular complexity index is 259. The Kier molecular flexibility index (Phi) is 12.5. The zero-order valence-electron chi connectivity index (χ0n) is 11.7. The third-order valence-electron chi connectivity index (χ3n) is 2.46. The van der Waals surface area contributed by atoms with E-state index in [-0.39, 0.29) is 42.0 Å². The molecule has 2 aliphatic carbocycles. The van der Waals surface area contributed by atoms with Gasteiger partial charge in [-0.2, -0.15) is 0 Å². The van der Waals surface area contributed by atoms with Gasteiger partial charge in [0, 0.05) is 7.11 Å². The van der Waals surface area contributed by atoms with Crippen LogP contribution < -0.4 is 18.9 Å². The number of methoxy groups -OCH3 is 1. The first-order chi connectivity index (χ1) is 8.90. The minimum absolute atomic E-state index is 0. The van der Waals surface area contributed by atoms with Crippen molar-refractivity contribution in [2.45, 2.75) is 6.04 Å². The molecule has 0 amide bonds. The van der Waals surface area contributed by atoms with Crippen molar-refractivity contribution in [2.75, 3.05) is 20.3 Å². The molecule has 100 valence electrons. The summed E-state index contributed by atoms with van der Waals surface area (Å²) in [5.74, 6) is 1.62. The molecule has 20 heavy (non-hydrogen) atoms. The van der Waals surface area contributed by atoms with Gasteiger partial charge in [0.15, 0.2) is 5.90 Å². The first kappa shape index (κ1) is 20.5. The van der Waals surface area contributed by atoms with Gasteiger partial charge in [0.2, 0.25) is 0 Å². The molecule has 1 heterocycles. The van der Waals surface area contributed by atoms with Crippen molar-refractivity contribution in [1.82, 2.24) is 0 Å². The summed E-state index contributed by atoms with van der Waals surface area (Å²) < 4.78 is 10.4. The van der Waals surface area contributed by atoms with Crippen molar-refractivity contribution in [2.24, 2.45) is 4.99 Å². The Morgan fingerprint density at radius 2 is 1.90 bits per heavy atom. The Morgan fingerprint density at radius 3 is 2.40 bits per heavy atom. The molecule has 0 bridgehead atoms. The largest absolute Gasteiger partial charge is 2.00 e. The predicted molar refractivity (Wildman–Crippen MR) is 69.9 cm³/mol. The van der Waals surface area contributed by atoms with E-state index >= 15 is 0 Å². The topological polar surface area (TPSA) is 30.8 Å². The zero-order valence-corrected chi connectivity index (χ0v) is 12.8. The summed E-state index contributed by atoms with van der Waals surface area (Å²) in [6.07, 6.45) is 18.8. The van der Waals surface area contributed by atoms with Crippen LogP contribution >= 0.6 is 0 Å². The summed E-state index contributed by atoms with van der Waals surface area (Å²) in [6.45, 7) is 1.23. The van der Waals surface area contributed by atoms with Crippen molar-refractivity contribution < 1.29 is 45.4 Å². The fourth-order valence-electron chi connectivity index (χ4n) is 1.62. The number of aliphatic imine (C=N–C) groups is 1. The first-order valence-electron chi connectivity index (χ1n) is 5.90. The molecule has 2 saturated carbocycles. The summed E-state index contributed by atoms with van der Waals surface area (Å²) in [4.78, 5) is 4.36. The van der Waals surface area contributed by atoms with E-state index in [2.05, 4.69) is 11.4 Å². The molecular weight excluding hydrogens is 289 g/mol. The molecular formula is C15H16FeLiNO2+2. The van der Waals surface area contributed by atoms with Crippen LogP contribution in [0, 0.1) is 63.7 Å². The van der Waals surface area contributed by atoms with E-state index in [1.54, 1.807) is 7.11 Å². The molecule has 1 aliphatic heterocycles. The maximum Gasteiger partial charge on any atom is 2.00 e. The van der Waals surface area contributed by atoms with Crippen LogP contribution in [-0.4, -0.2) is 32.3 Å². The first-order valence-corrected chi connectivity index (χ1v) is 5.90. The maximum atomic E-state index is 5.40. The van der Waals surface area contributed by atoms with E-state index in [1.807, 2.05) is 51.4 Å². The fourth-order valence-corrected chi connectivity index (χ4v) is 1.62. The Hall–Kier alpha value is 0.547. The van der Waals surface area contributed by atoms with Gasteiger partial charge < -0.3 is 15.9 Å². The van der Waals surface area contributed by atoms with E-state index in [9.17, 15) is 0 Å². The van der Waals surface area contributed by atoms with Crippen LogP contribution in [0.5, 0.6) is 0 Å². The smallest absolute Gasteiger partial charge is 0.481 e. The summed E-state index contributed by atoms with van der Waals surface area (Å²) in [6, 6.07) is 0.142. The van der Waals surface area contributed by atoms with Crippen LogP contribution in [0.2, 0.25) is 0 Å². The molecule has 0 aromatic rings. The van der Waals surface area contributed by atoms with Crippen molar-refractivity contribution >= 4 is 5.90 Å². The van der Waals surface area contributed by atoms with Crippen LogP contribution in [-0.2, 0) is 26.5 Å². The van der Waals surface area contributed by atoms with Crippen LogP contribution in [0.25, 0.3) is 0 Å². The quantitative estimate of drug-likeness (QED) is 0.481. The molecule has 2 fully saturated rings. The van der Waals surface area contributed by atoms with Gasteiger partial charge in [-0.05, 0) is 32.1 Å². The van der Waals surface area contributed by atoms with Crippen LogP contribution in [0.1, 0.15) is 0 Å². The zero-order chi connectivity index (χ0) is 12.6. The molecule has 3 aliphatic rings. The number of rotatable bonds is 3. The minimum atomic E-state index is 0. The van der Waals surface area contributed by atoms with Crippen LogP contribution in [0.4, 0.5) is 0 Å². The second kappa shape index (κ2) is 12.1. The standard InChI is InChI=1S/C10H11NO2.C5H5.Fe.Li/c1-12-6-9-7-13-10(11-9)8-4-2-3-5-8;1-2-4-5-3-1;;/h2-4,9H,6-7H2,1H3;1-5H;;/q-1;;+2;+1/t9-;;;/m0.../s1. The third kappa shape index (κ3) is 7.01. The van der Waals surface area contributed by atoms with Crippen molar-refractivity contribution in [3.63, 3.8) is 0 Å². The average Bonchev–Trinajstić information content (AvgIpc) is 3.14. The Morgan fingerprint density at radius 1 is 1.25 bits per heavy atom. The van der Waals surface area contributed by atoms with Gasteiger partial charge >= 0.3 is 35.9 Å². The predicted octanol–water partition coefficient (Wildman–Crippen LogP) is -1.26. The van der Waals surface area contributed by atoms with Gasteiger partial charge in [0.1, 0.15) is 12.6 Å². The second-order valence-electron chi connectivity index (χ2n) is 3.90. The third-order valence-corrected chi connectivity index (χ3v) is 2.46. The normalized spacial score (nSPS) is 24.9. The summed E-state index contributed by atoms with van der Waals surface area (Å²) in [7, 11) is 1.67. The van der Waals surface area contributed by atoms with Gasteiger partial charge in [-0.3, -0.25) is 0 Å². The number of hydrogen-bond acceptors (Lipinski definition) is 3. The Labute approximate surface area is 146 Å². The molecule has 3 rings (SSSR count). The molecule has 0 aromatic carbocycles. The fraction of sp³-hybridized carbons (Fsp3) is 0.267. The van der Waals surface area contributed by atoms with E-state index in [4.69, 9.17) is 9.47 Å². The summed E-state index contributed by atoms with van der Waals surface area (Å²) >= 11 is 0. The van der Waals surface area contributed by atoms with Crippen molar-refractivity contribution in [1.29, 1.82) is 0 Å². The van der Waals surface area contributed by atoms with Crippen molar-refractivity contribution in [3.05, 3.63) is 63.7 Å². The summed E-state index contributed by atoms with van der Waals surface area (Å²) in [5.41, 5.74) is 0. The molecule has 0 unspecified atom stereocenters. The van der Waals surface area contributed by atoms with Crippen LogP contribution in [0.15, 0.2) is 4.99 Å². The van der Waals surface area contributed by atoms with E-state index in [1.165, 1.54) is 0 Å². The molecule has 0 N–H and O–H groups in total. The second-order valence-corrected chi connectivity index (χ2v) is 3.90. The number of ether oxygens (including phenoxy) is 2. The number of hydrogen-bond donors (Lipinski definition) is 0. The molecule has 1 atom stereocenters. The number of nitrogens with zero attached hydrogens (tertiary/aromatic N) is 1. The molecule has 0 aromatic heterocycles. The molecule has 3 nitrogen and oxygen atoms in total.